The predicted molar refractivity (Wildman–Crippen MR) is 130 cm³/mol. The number of hydrogen-bond acceptors (Lipinski definition) is 6. The SMILES string of the molecule is COc1ccc([C@H]2Nc3ccc(S(=O)(=O)Nc4ccccc4F)cc3[C@H]3C=CC[C@H]32)cc1[N+](=O)[O-]. The maximum atomic E-state index is 14.0. The second-order valence-electron chi connectivity index (χ2n) is 8.50. The lowest BCUT2D eigenvalue weighted by Crippen LogP contribution is -2.29. The molecule has 0 aromatic heterocycles. The van der Waals surface area contributed by atoms with E-state index in [0.717, 1.165) is 23.2 Å². The number of nitro benzene ring substituents is 1. The van der Waals surface area contributed by atoms with Gasteiger partial charge in [-0.25, -0.2) is 12.8 Å². The maximum absolute atomic E-state index is 14.0. The van der Waals surface area contributed by atoms with Crippen molar-refractivity contribution < 1.29 is 22.5 Å². The minimum Gasteiger partial charge on any atom is -0.490 e. The lowest BCUT2D eigenvalue weighted by Gasteiger charge is -2.37. The van der Waals surface area contributed by atoms with Crippen molar-refractivity contribution >= 4 is 27.1 Å². The van der Waals surface area contributed by atoms with Gasteiger partial charge in [-0.3, -0.25) is 14.8 Å². The van der Waals surface area contributed by atoms with Gasteiger partial charge in [0.25, 0.3) is 10.0 Å². The zero-order chi connectivity index (χ0) is 24.7. The van der Waals surface area contributed by atoms with E-state index in [0.29, 0.717) is 0 Å². The Morgan fingerprint density at radius 1 is 1.14 bits per heavy atom. The number of halogens is 1. The molecule has 3 aromatic rings. The number of anilines is 2. The van der Waals surface area contributed by atoms with Gasteiger partial charge < -0.3 is 10.1 Å². The van der Waals surface area contributed by atoms with E-state index in [2.05, 4.69) is 10.0 Å². The van der Waals surface area contributed by atoms with Gasteiger partial charge in [0.15, 0.2) is 5.75 Å². The van der Waals surface area contributed by atoms with E-state index >= 15 is 0 Å². The smallest absolute Gasteiger partial charge is 0.311 e. The summed E-state index contributed by atoms with van der Waals surface area (Å²) in [6, 6.07) is 15.0. The molecule has 0 fully saturated rings. The molecule has 0 spiro atoms. The Balaban J connectivity index is 1.50. The molecule has 2 N–H and O–H groups in total. The molecule has 3 atom stereocenters. The summed E-state index contributed by atoms with van der Waals surface area (Å²) in [5.74, 6) is -0.520. The molecule has 1 aliphatic carbocycles. The first kappa shape index (κ1) is 22.9. The Morgan fingerprint density at radius 2 is 1.94 bits per heavy atom. The maximum Gasteiger partial charge on any atom is 0.311 e. The summed E-state index contributed by atoms with van der Waals surface area (Å²) in [5, 5.41) is 15.0. The molecule has 35 heavy (non-hydrogen) atoms. The number of para-hydroxylation sites is 1. The molecule has 8 nitrogen and oxygen atoms in total. The zero-order valence-electron chi connectivity index (χ0n) is 18.6. The van der Waals surface area contributed by atoms with Gasteiger partial charge in [-0.15, -0.1) is 0 Å². The number of ether oxygens (including phenoxy) is 1. The molecule has 0 saturated heterocycles. The molecule has 0 amide bonds. The first-order chi connectivity index (χ1) is 16.8. The van der Waals surface area contributed by atoms with Crippen molar-refractivity contribution in [2.24, 2.45) is 5.92 Å². The van der Waals surface area contributed by atoms with Gasteiger partial charge in [0.2, 0.25) is 0 Å². The number of nitro groups is 1. The molecular weight excluding hydrogens is 473 g/mol. The number of hydrogen-bond donors (Lipinski definition) is 2. The first-order valence-electron chi connectivity index (χ1n) is 11.0. The summed E-state index contributed by atoms with van der Waals surface area (Å²) < 4.78 is 47.4. The van der Waals surface area contributed by atoms with E-state index in [1.165, 1.54) is 37.4 Å². The van der Waals surface area contributed by atoms with Crippen LogP contribution in [0.3, 0.4) is 0 Å². The lowest BCUT2D eigenvalue weighted by molar-refractivity contribution is -0.385. The van der Waals surface area contributed by atoms with Crippen LogP contribution >= 0.6 is 0 Å². The van der Waals surface area contributed by atoms with Crippen LogP contribution < -0.4 is 14.8 Å². The third-order valence-electron chi connectivity index (χ3n) is 6.52. The van der Waals surface area contributed by atoms with E-state index < -0.39 is 20.8 Å². The number of rotatable bonds is 6. The highest BCUT2D eigenvalue weighted by atomic mass is 32.2. The van der Waals surface area contributed by atoms with E-state index in [4.69, 9.17) is 4.74 Å². The van der Waals surface area contributed by atoms with Gasteiger partial charge in [0.1, 0.15) is 5.82 Å². The van der Waals surface area contributed by atoms with E-state index in [-0.39, 0.29) is 39.9 Å². The largest absolute Gasteiger partial charge is 0.490 e. The minimum absolute atomic E-state index is 0.0267. The van der Waals surface area contributed by atoms with Crippen molar-refractivity contribution in [2.75, 3.05) is 17.1 Å². The number of fused-ring (bicyclic) bond motifs is 3. The van der Waals surface area contributed by atoms with E-state index in [9.17, 15) is 22.9 Å². The molecule has 180 valence electrons. The average molecular weight is 496 g/mol. The molecule has 2 aliphatic rings. The van der Waals surface area contributed by atoms with Crippen LogP contribution in [0.5, 0.6) is 5.75 Å². The highest BCUT2D eigenvalue weighted by Crippen LogP contribution is 2.51. The quantitative estimate of drug-likeness (QED) is 0.270. The monoisotopic (exact) mass is 495 g/mol. The molecule has 3 aromatic carbocycles. The Bertz CT molecular complexity index is 1460. The number of benzene rings is 3. The molecule has 0 radical (unpaired) electrons. The van der Waals surface area contributed by atoms with Crippen molar-refractivity contribution in [3.8, 4) is 5.75 Å². The van der Waals surface area contributed by atoms with Gasteiger partial charge in [-0.1, -0.05) is 30.4 Å². The van der Waals surface area contributed by atoms with Crippen LogP contribution in [0.25, 0.3) is 0 Å². The van der Waals surface area contributed by atoms with Gasteiger partial charge in [-0.2, -0.15) is 0 Å². The van der Waals surface area contributed by atoms with Gasteiger partial charge in [0.05, 0.1) is 28.7 Å². The lowest BCUT2D eigenvalue weighted by atomic mass is 9.77. The molecular formula is C25H22FN3O5S. The van der Waals surface area contributed by atoms with E-state index in [1.54, 1.807) is 30.3 Å². The summed E-state index contributed by atoms with van der Waals surface area (Å²) in [5.41, 5.74) is 2.06. The summed E-state index contributed by atoms with van der Waals surface area (Å²) in [7, 11) is -2.63. The summed E-state index contributed by atoms with van der Waals surface area (Å²) in [6.07, 6.45) is 4.80. The first-order valence-corrected chi connectivity index (χ1v) is 12.4. The molecule has 0 saturated carbocycles. The molecule has 0 unspecified atom stereocenters. The second kappa shape index (κ2) is 8.70. The van der Waals surface area contributed by atoms with Crippen LogP contribution in [0.2, 0.25) is 0 Å². The molecule has 10 heteroatoms. The fourth-order valence-corrected chi connectivity index (χ4v) is 5.96. The highest BCUT2D eigenvalue weighted by Gasteiger charge is 2.39. The summed E-state index contributed by atoms with van der Waals surface area (Å²) >= 11 is 0. The number of nitrogens with zero attached hydrogens (tertiary/aromatic N) is 1. The van der Waals surface area contributed by atoms with Crippen LogP contribution in [0, 0.1) is 21.8 Å². The number of nitrogens with one attached hydrogen (secondary N) is 2. The standard InChI is InChI=1S/C25H22FN3O5S/c1-34-24-12-9-15(13-23(24)29(30)31)25-18-6-4-5-17(18)19-14-16(10-11-21(19)27-25)35(32,33)28-22-8-3-2-7-20(22)26/h2-5,7-14,17-18,25,27-28H,6H2,1H3/t17-,18+,25+/m0/s1. The Labute approximate surface area is 201 Å². The van der Waals surface area contributed by atoms with Gasteiger partial charge >= 0.3 is 5.69 Å². The fraction of sp³-hybridized carbons (Fsp3) is 0.200. The third-order valence-corrected chi connectivity index (χ3v) is 7.88. The topological polar surface area (TPSA) is 111 Å². The van der Waals surface area contributed by atoms with Crippen molar-refractivity contribution in [2.45, 2.75) is 23.3 Å². The van der Waals surface area contributed by atoms with Crippen molar-refractivity contribution in [1.82, 2.24) is 0 Å². The normalized spacial score (nSPS) is 20.5. The Hall–Kier alpha value is -3.92. The predicted octanol–water partition coefficient (Wildman–Crippen LogP) is 5.37. The molecule has 1 heterocycles. The molecule has 1 aliphatic heterocycles. The Kier molecular flexibility index (Phi) is 5.68. The van der Waals surface area contributed by atoms with E-state index in [1.807, 2.05) is 12.2 Å². The number of sulfonamides is 1. The summed E-state index contributed by atoms with van der Waals surface area (Å²) in [4.78, 5) is 11.1. The minimum atomic E-state index is -4.02. The number of methoxy groups -OCH3 is 1. The van der Waals surface area contributed by atoms with Crippen LogP contribution in [-0.4, -0.2) is 20.5 Å². The van der Waals surface area contributed by atoms with Crippen LogP contribution in [-0.2, 0) is 10.0 Å². The van der Waals surface area contributed by atoms with Crippen LogP contribution in [0.1, 0.15) is 29.5 Å². The highest BCUT2D eigenvalue weighted by molar-refractivity contribution is 7.92. The van der Waals surface area contributed by atoms with Crippen LogP contribution in [0.15, 0.2) is 77.7 Å². The summed E-state index contributed by atoms with van der Waals surface area (Å²) in [6.45, 7) is 0. The Morgan fingerprint density at radius 3 is 2.69 bits per heavy atom. The van der Waals surface area contributed by atoms with Crippen molar-refractivity contribution in [3.63, 3.8) is 0 Å². The fourth-order valence-electron chi connectivity index (χ4n) is 4.86. The average Bonchev–Trinajstić information content (AvgIpc) is 3.34. The van der Waals surface area contributed by atoms with Crippen molar-refractivity contribution in [1.29, 1.82) is 0 Å². The van der Waals surface area contributed by atoms with Gasteiger partial charge in [-0.05, 0) is 59.9 Å². The second-order valence-corrected chi connectivity index (χ2v) is 10.2. The number of allylic oxidation sites excluding steroid dienone is 2. The zero-order valence-corrected chi connectivity index (χ0v) is 19.5. The van der Waals surface area contributed by atoms with Gasteiger partial charge in [0, 0.05) is 17.7 Å². The molecule has 5 rings (SSSR count). The van der Waals surface area contributed by atoms with Crippen LogP contribution in [0.4, 0.5) is 21.5 Å². The van der Waals surface area contributed by atoms with Crippen molar-refractivity contribution in [3.05, 3.63) is 99.9 Å². The third kappa shape index (κ3) is 4.10. The molecule has 0 bridgehead atoms.